The van der Waals surface area contributed by atoms with E-state index < -0.39 is 12.5 Å². The van der Waals surface area contributed by atoms with Crippen LogP contribution in [0.1, 0.15) is 11.1 Å². The van der Waals surface area contributed by atoms with Crippen LogP contribution in [-0.4, -0.2) is 22.7 Å². The number of benzene rings is 1. The van der Waals surface area contributed by atoms with Gasteiger partial charge < -0.3 is 15.1 Å². The van der Waals surface area contributed by atoms with E-state index in [1.807, 2.05) is 32.0 Å². The van der Waals surface area contributed by atoms with Gasteiger partial charge in [0.15, 0.2) is 0 Å². The number of nitrogens with zero attached hydrogens (tertiary/aromatic N) is 1. The molecule has 17 heavy (non-hydrogen) atoms. The first-order valence-electron chi connectivity index (χ1n) is 5.48. The minimum atomic E-state index is -0.954. The fraction of sp³-hybridized carbons (Fsp3) is 0.286. The van der Waals surface area contributed by atoms with Crippen molar-refractivity contribution in [3.05, 3.63) is 54.6 Å². The van der Waals surface area contributed by atoms with E-state index in [1.165, 1.54) is 17.1 Å². The first-order valence-corrected chi connectivity index (χ1v) is 5.48. The van der Waals surface area contributed by atoms with Crippen LogP contribution in [0.4, 0.5) is 5.69 Å². The van der Waals surface area contributed by atoms with E-state index in [4.69, 9.17) is 0 Å². The normalized spacial score (nSPS) is 13.9. The number of hydrogen-bond donors (Lipinski definition) is 2. The van der Waals surface area contributed by atoms with Gasteiger partial charge in [-0.3, -0.25) is 0 Å². The second-order valence-electron chi connectivity index (χ2n) is 3.97. The quantitative estimate of drug-likeness (QED) is 0.605. The van der Waals surface area contributed by atoms with Crippen LogP contribution in [0.25, 0.3) is 0 Å². The van der Waals surface area contributed by atoms with E-state index in [0.29, 0.717) is 0 Å². The van der Waals surface area contributed by atoms with Crippen LogP contribution >= 0.6 is 0 Å². The second kappa shape index (κ2) is 5.66. The molecule has 3 heteroatoms. The topological polar surface area (TPSA) is 43.7 Å². The van der Waals surface area contributed by atoms with Crippen molar-refractivity contribution >= 4 is 5.69 Å². The molecular formula is C14H19NO2. The maximum atomic E-state index is 9.83. The smallest absolute Gasteiger partial charge is 0.148 e. The van der Waals surface area contributed by atoms with Crippen LogP contribution in [0.5, 0.6) is 0 Å². The Hall–Kier alpha value is -1.58. The van der Waals surface area contributed by atoms with Gasteiger partial charge in [0, 0.05) is 5.69 Å². The summed E-state index contributed by atoms with van der Waals surface area (Å²) < 4.78 is 0. The monoisotopic (exact) mass is 233 g/mol. The minimum Gasteiger partial charge on any atom is -0.370 e. The average molecular weight is 233 g/mol. The van der Waals surface area contributed by atoms with Crippen molar-refractivity contribution in [2.24, 2.45) is 0 Å². The Kier molecular flexibility index (Phi) is 4.49. The lowest BCUT2D eigenvalue weighted by atomic mass is 10.1. The highest BCUT2D eigenvalue weighted by Gasteiger charge is 2.19. The minimum absolute atomic E-state index is 0.730. The summed E-state index contributed by atoms with van der Waals surface area (Å²) in [5.74, 6) is 0. The van der Waals surface area contributed by atoms with Crippen LogP contribution in [0.2, 0.25) is 0 Å². The van der Waals surface area contributed by atoms with E-state index in [-0.39, 0.29) is 0 Å². The summed E-state index contributed by atoms with van der Waals surface area (Å²) >= 11 is 0. The Bertz CT molecular complexity index is 401. The molecule has 0 bridgehead atoms. The number of aliphatic hydroxyl groups excluding tert-OH is 2. The van der Waals surface area contributed by atoms with Gasteiger partial charge in [-0.1, -0.05) is 19.2 Å². The van der Waals surface area contributed by atoms with E-state index in [0.717, 1.165) is 16.8 Å². The predicted octanol–water partition coefficient (Wildman–Crippen LogP) is 2.12. The lowest BCUT2D eigenvalue weighted by Crippen LogP contribution is -2.41. The fourth-order valence-corrected chi connectivity index (χ4v) is 1.58. The average Bonchev–Trinajstić information content (AvgIpc) is 2.33. The molecule has 0 heterocycles. The molecule has 1 aromatic carbocycles. The number of anilines is 1. The summed E-state index contributed by atoms with van der Waals surface area (Å²) in [4.78, 5) is 1.44. The Balaban J connectivity index is 3.16. The zero-order valence-electron chi connectivity index (χ0n) is 10.3. The van der Waals surface area contributed by atoms with E-state index in [1.54, 1.807) is 0 Å². The molecule has 0 saturated heterocycles. The molecule has 2 unspecified atom stereocenters. The molecule has 0 saturated carbocycles. The number of aliphatic hydroxyl groups is 2. The van der Waals surface area contributed by atoms with Crippen molar-refractivity contribution in [2.75, 3.05) is 4.90 Å². The Morgan fingerprint density at radius 2 is 1.59 bits per heavy atom. The largest absolute Gasteiger partial charge is 0.370 e. The van der Waals surface area contributed by atoms with E-state index in [2.05, 4.69) is 13.2 Å². The van der Waals surface area contributed by atoms with Crippen LogP contribution in [0, 0.1) is 13.8 Å². The van der Waals surface area contributed by atoms with Crippen molar-refractivity contribution < 1.29 is 10.2 Å². The molecular weight excluding hydrogens is 214 g/mol. The zero-order chi connectivity index (χ0) is 13.0. The molecule has 0 radical (unpaired) electrons. The first kappa shape index (κ1) is 13.5. The lowest BCUT2D eigenvalue weighted by molar-refractivity contribution is 0.136. The van der Waals surface area contributed by atoms with Crippen LogP contribution in [-0.2, 0) is 0 Å². The van der Waals surface area contributed by atoms with Gasteiger partial charge in [-0.2, -0.15) is 0 Å². The highest BCUT2D eigenvalue weighted by atomic mass is 16.3. The van der Waals surface area contributed by atoms with Gasteiger partial charge in [0.1, 0.15) is 12.5 Å². The fourth-order valence-electron chi connectivity index (χ4n) is 1.58. The molecule has 0 aromatic heterocycles. The molecule has 0 fully saturated rings. The van der Waals surface area contributed by atoms with Gasteiger partial charge in [-0.05, 0) is 49.3 Å². The van der Waals surface area contributed by atoms with Crippen molar-refractivity contribution in [1.82, 2.24) is 0 Å². The molecule has 3 nitrogen and oxygen atoms in total. The number of hydrogen-bond acceptors (Lipinski definition) is 3. The third-order valence-electron chi connectivity index (χ3n) is 2.78. The first-order chi connectivity index (χ1) is 8.01. The van der Waals surface area contributed by atoms with E-state index >= 15 is 0 Å². The van der Waals surface area contributed by atoms with Crippen molar-refractivity contribution in [3.63, 3.8) is 0 Å². The Labute approximate surface area is 102 Å². The van der Waals surface area contributed by atoms with Crippen molar-refractivity contribution in [2.45, 2.75) is 26.3 Å². The molecule has 1 aromatic rings. The van der Waals surface area contributed by atoms with Gasteiger partial charge in [0.25, 0.3) is 0 Å². The van der Waals surface area contributed by atoms with Gasteiger partial charge in [-0.15, -0.1) is 0 Å². The SMILES string of the molecule is C=CC(O)N(c1ccc(C)c(C)c1)C(O)C=C. The van der Waals surface area contributed by atoms with Crippen molar-refractivity contribution in [3.8, 4) is 0 Å². The van der Waals surface area contributed by atoms with Crippen LogP contribution < -0.4 is 4.90 Å². The van der Waals surface area contributed by atoms with Crippen LogP contribution in [0.15, 0.2) is 43.5 Å². The summed E-state index contributed by atoms with van der Waals surface area (Å²) in [5.41, 5.74) is 2.99. The molecule has 0 aliphatic carbocycles. The maximum absolute atomic E-state index is 9.83. The third kappa shape index (κ3) is 2.96. The van der Waals surface area contributed by atoms with E-state index in [9.17, 15) is 10.2 Å². The summed E-state index contributed by atoms with van der Waals surface area (Å²) in [6.45, 7) is 11.0. The van der Waals surface area contributed by atoms with Crippen LogP contribution in [0.3, 0.4) is 0 Å². The number of rotatable bonds is 5. The van der Waals surface area contributed by atoms with Crippen molar-refractivity contribution in [1.29, 1.82) is 0 Å². The molecule has 1 rings (SSSR count). The standard InChI is InChI=1S/C14H19NO2/c1-5-13(16)15(14(17)6-2)12-8-7-10(3)11(4)9-12/h5-9,13-14,16-17H,1-2H2,3-4H3. The molecule has 2 N–H and O–H groups in total. The molecule has 92 valence electrons. The summed E-state index contributed by atoms with van der Waals surface area (Å²) in [6, 6.07) is 5.71. The summed E-state index contributed by atoms with van der Waals surface area (Å²) in [5, 5.41) is 19.7. The molecule has 0 amide bonds. The Morgan fingerprint density at radius 3 is 2.00 bits per heavy atom. The zero-order valence-corrected chi connectivity index (χ0v) is 10.3. The third-order valence-corrected chi connectivity index (χ3v) is 2.78. The van der Waals surface area contributed by atoms with Gasteiger partial charge in [0.05, 0.1) is 0 Å². The molecule has 0 aliphatic rings. The molecule has 0 aliphatic heterocycles. The Morgan fingerprint density at radius 1 is 1.06 bits per heavy atom. The van der Waals surface area contributed by atoms with Gasteiger partial charge in [-0.25, -0.2) is 0 Å². The van der Waals surface area contributed by atoms with Gasteiger partial charge in [0.2, 0.25) is 0 Å². The molecule has 2 atom stereocenters. The highest BCUT2D eigenvalue weighted by molar-refractivity contribution is 5.52. The van der Waals surface area contributed by atoms with Gasteiger partial charge >= 0.3 is 0 Å². The summed E-state index contributed by atoms with van der Waals surface area (Å²) in [7, 11) is 0. The second-order valence-corrected chi connectivity index (χ2v) is 3.97. The molecule has 0 spiro atoms. The number of aryl methyl sites for hydroxylation is 2. The summed E-state index contributed by atoms with van der Waals surface area (Å²) in [6.07, 6.45) is 0.819. The highest BCUT2D eigenvalue weighted by Crippen LogP contribution is 2.22. The maximum Gasteiger partial charge on any atom is 0.148 e. The lowest BCUT2D eigenvalue weighted by Gasteiger charge is -2.31. The predicted molar refractivity (Wildman–Crippen MR) is 70.8 cm³/mol.